The Balaban J connectivity index is 1.66. The van der Waals surface area contributed by atoms with E-state index in [1.165, 1.54) is 0 Å². The fourth-order valence-corrected chi connectivity index (χ4v) is 3.40. The first-order chi connectivity index (χ1) is 11.6. The van der Waals surface area contributed by atoms with Crippen molar-refractivity contribution < 1.29 is 9.90 Å². The van der Waals surface area contributed by atoms with Crippen LogP contribution in [0.5, 0.6) is 0 Å². The summed E-state index contributed by atoms with van der Waals surface area (Å²) in [6.07, 6.45) is 3.67. The number of nitrogens with zero attached hydrogens (tertiary/aromatic N) is 6. The molecular weight excluding hydrogens is 308 g/mol. The summed E-state index contributed by atoms with van der Waals surface area (Å²) in [6.45, 7) is 4.00. The number of aromatic nitrogens is 2. The fraction of sp³-hybridized carbons (Fsp3) is 0.688. The number of rotatable bonds is 3. The zero-order valence-electron chi connectivity index (χ0n) is 14.4. The van der Waals surface area contributed by atoms with E-state index < -0.39 is 0 Å². The van der Waals surface area contributed by atoms with Crippen LogP contribution < -0.4 is 9.80 Å². The number of aliphatic hydroxyl groups is 1. The van der Waals surface area contributed by atoms with E-state index in [0.29, 0.717) is 13.1 Å². The number of hydrogen-bond donors (Lipinski definition) is 1. The Morgan fingerprint density at radius 2 is 1.92 bits per heavy atom. The molecule has 0 aliphatic carbocycles. The Hall–Kier alpha value is -2.09. The normalized spacial score (nSPS) is 21.3. The van der Waals surface area contributed by atoms with E-state index in [0.717, 1.165) is 44.1 Å². The summed E-state index contributed by atoms with van der Waals surface area (Å²) in [6, 6.07) is 2.21. The van der Waals surface area contributed by atoms with Gasteiger partial charge in [-0.05, 0) is 12.8 Å². The highest BCUT2D eigenvalue weighted by molar-refractivity contribution is 5.74. The first-order valence-corrected chi connectivity index (χ1v) is 8.51. The van der Waals surface area contributed by atoms with E-state index in [4.69, 9.17) is 0 Å². The highest BCUT2D eigenvalue weighted by Gasteiger charge is 2.27. The van der Waals surface area contributed by atoms with Crippen molar-refractivity contribution in [3.8, 4) is 0 Å². The molecule has 3 rings (SSSR count). The van der Waals surface area contributed by atoms with Gasteiger partial charge in [-0.3, -0.25) is 0 Å². The Morgan fingerprint density at radius 3 is 2.58 bits per heavy atom. The maximum Gasteiger partial charge on any atom is 0.319 e. The smallest absolute Gasteiger partial charge is 0.319 e. The molecule has 2 saturated heterocycles. The predicted octanol–water partition coefficient (Wildman–Crippen LogP) is 0.241. The third-order valence-electron chi connectivity index (χ3n) is 4.78. The Kier molecular flexibility index (Phi) is 5.03. The second kappa shape index (κ2) is 7.21. The molecule has 2 aliphatic rings. The average molecular weight is 334 g/mol. The minimum absolute atomic E-state index is 0.0564. The van der Waals surface area contributed by atoms with Gasteiger partial charge in [0.1, 0.15) is 18.0 Å². The molecule has 2 fully saturated rings. The van der Waals surface area contributed by atoms with E-state index in [2.05, 4.69) is 19.8 Å². The standard InChI is InChI=1S/C16H26N6O2/c1-19(2)16(24)21-8-6-20(7-9-21)14-10-15(18-12-17-14)22-5-3-4-13(22)11-23/h10,12-13,23H,3-9,11H2,1-2H3/t13-/m0/s1. The molecule has 1 aromatic rings. The number of anilines is 2. The second-order valence-electron chi connectivity index (χ2n) is 6.56. The topological polar surface area (TPSA) is 76.0 Å². The third kappa shape index (κ3) is 3.38. The summed E-state index contributed by atoms with van der Waals surface area (Å²) in [7, 11) is 3.55. The number of urea groups is 1. The molecule has 0 radical (unpaired) electrons. The van der Waals surface area contributed by atoms with E-state index in [1.54, 1.807) is 25.3 Å². The van der Waals surface area contributed by atoms with Crippen LogP contribution >= 0.6 is 0 Å². The van der Waals surface area contributed by atoms with Gasteiger partial charge in [0.05, 0.1) is 12.6 Å². The van der Waals surface area contributed by atoms with Gasteiger partial charge in [-0.15, -0.1) is 0 Å². The molecule has 0 unspecified atom stereocenters. The van der Waals surface area contributed by atoms with Gasteiger partial charge >= 0.3 is 6.03 Å². The summed E-state index contributed by atoms with van der Waals surface area (Å²) in [5.74, 6) is 1.77. The van der Waals surface area contributed by atoms with Crippen molar-refractivity contribution >= 4 is 17.7 Å². The van der Waals surface area contributed by atoms with Gasteiger partial charge in [-0.1, -0.05) is 0 Å². The molecular formula is C16H26N6O2. The number of amides is 2. The molecule has 3 heterocycles. The summed E-state index contributed by atoms with van der Waals surface area (Å²) in [4.78, 5) is 28.6. The van der Waals surface area contributed by atoms with Gasteiger partial charge < -0.3 is 24.7 Å². The highest BCUT2D eigenvalue weighted by Crippen LogP contribution is 2.26. The van der Waals surface area contributed by atoms with Crippen molar-refractivity contribution in [3.63, 3.8) is 0 Å². The molecule has 1 atom stereocenters. The molecule has 0 spiro atoms. The number of aliphatic hydroxyl groups excluding tert-OH is 1. The number of hydrogen-bond acceptors (Lipinski definition) is 6. The van der Waals surface area contributed by atoms with Crippen LogP contribution in [0.1, 0.15) is 12.8 Å². The lowest BCUT2D eigenvalue weighted by Crippen LogP contribution is -2.51. The number of carbonyl (C=O) groups is 1. The summed E-state index contributed by atoms with van der Waals surface area (Å²) < 4.78 is 0. The molecule has 2 aliphatic heterocycles. The molecule has 1 N–H and O–H groups in total. The van der Waals surface area contributed by atoms with Crippen LogP contribution in [-0.2, 0) is 0 Å². The van der Waals surface area contributed by atoms with E-state index in [1.807, 2.05) is 11.0 Å². The minimum atomic E-state index is 0.0564. The van der Waals surface area contributed by atoms with Crippen LogP contribution in [0.15, 0.2) is 12.4 Å². The summed E-state index contributed by atoms with van der Waals surface area (Å²) in [5, 5.41) is 9.50. The molecule has 132 valence electrons. The molecule has 8 heteroatoms. The van der Waals surface area contributed by atoms with Crippen molar-refractivity contribution in [1.29, 1.82) is 0 Å². The van der Waals surface area contributed by atoms with Gasteiger partial charge in [-0.2, -0.15) is 0 Å². The molecule has 24 heavy (non-hydrogen) atoms. The third-order valence-corrected chi connectivity index (χ3v) is 4.78. The first kappa shape index (κ1) is 16.8. The maximum atomic E-state index is 12.0. The van der Waals surface area contributed by atoms with Crippen molar-refractivity contribution in [1.82, 2.24) is 19.8 Å². The van der Waals surface area contributed by atoms with Gasteiger partial charge in [-0.25, -0.2) is 14.8 Å². The lowest BCUT2D eigenvalue weighted by molar-refractivity contribution is 0.168. The minimum Gasteiger partial charge on any atom is -0.394 e. The molecule has 0 saturated carbocycles. The van der Waals surface area contributed by atoms with Crippen LogP contribution in [0.4, 0.5) is 16.4 Å². The zero-order valence-corrected chi connectivity index (χ0v) is 14.4. The zero-order chi connectivity index (χ0) is 17.1. The Labute approximate surface area is 142 Å². The SMILES string of the molecule is CN(C)C(=O)N1CCN(c2cc(N3CCC[C@H]3CO)ncn2)CC1. The van der Waals surface area contributed by atoms with E-state index in [9.17, 15) is 9.90 Å². The second-order valence-corrected chi connectivity index (χ2v) is 6.56. The van der Waals surface area contributed by atoms with E-state index >= 15 is 0 Å². The van der Waals surface area contributed by atoms with Crippen molar-refractivity contribution in [3.05, 3.63) is 12.4 Å². The van der Waals surface area contributed by atoms with Crippen molar-refractivity contribution in [2.75, 3.05) is 63.2 Å². The summed E-state index contributed by atoms with van der Waals surface area (Å²) >= 11 is 0. The number of piperazine rings is 1. The lowest BCUT2D eigenvalue weighted by Gasteiger charge is -2.36. The van der Waals surface area contributed by atoms with Gasteiger partial charge in [0.25, 0.3) is 0 Å². The van der Waals surface area contributed by atoms with Gasteiger partial charge in [0.15, 0.2) is 0 Å². The molecule has 1 aromatic heterocycles. The van der Waals surface area contributed by atoms with Crippen LogP contribution in [0.3, 0.4) is 0 Å². The molecule has 0 aromatic carbocycles. The summed E-state index contributed by atoms with van der Waals surface area (Å²) in [5.41, 5.74) is 0. The Bertz CT molecular complexity index is 573. The van der Waals surface area contributed by atoms with Crippen molar-refractivity contribution in [2.24, 2.45) is 0 Å². The van der Waals surface area contributed by atoms with Crippen LogP contribution in [0.2, 0.25) is 0 Å². The monoisotopic (exact) mass is 334 g/mol. The largest absolute Gasteiger partial charge is 0.394 e. The van der Waals surface area contributed by atoms with Crippen LogP contribution in [-0.4, -0.2) is 90.4 Å². The van der Waals surface area contributed by atoms with Crippen LogP contribution in [0.25, 0.3) is 0 Å². The molecule has 8 nitrogen and oxygen atoms in total. The van der Waals surface area contributed by atoms with Gasteiger partial charge in [0, 0.05) is 52.9 Å². The van der Waals surface area contributed by atoms with Gasteiger partial charge in [0.2, 0.25) is 0 Å². The predicted molar refractivity (Wildman–Crippen MR) is 92.4 cm³/mol. The first-order valence-electron chi connectivity index (χ1n) is 8.51. The molecule has 0 bridgehead atoms. The van der Waals surface area contributed by atoms with Crippen molar-refractivity contribution in [2.45, 2.75) is 18.9 Å². The quantitative estimate of drug-likeness (QED) is 0.853. The molecule has 2 amide bonds. The Morgan fingerprint density at radius 1 is 1.21 bits per heavy atom. The fourth-order valence-electron chi connectivity index (χ4n) is 3.40. The lowest BCUT2D eigenvalue weighted by atomic mass is 10.2. The average Bonchev–Trinajstić information content (AvgIpc) is 3.10. The highest BCUT2D eigenvalue weighted by atomic mass is 16.3. The van der Waals surface area contributed by atoms with Crippen LogP contribution in [0, 0.1) is 0 Å². The number of carbonyl (C=O) groups excluding carboxylic acids is 1. The maximum absolute atomic E-state index is 12.0. The van der Waals surface area contributed by atoms with E-state index in [-0.39, 0.29) is 18.7 Å².